The molecule has 2 N–H and O–H groups in total. The molecule has 2 heteroatoms. The van der Waals surface area contributed by atoms with Gasteiger partial charge in [-0.25, -0.2) is 0 Å². The molecule has 0 radical (unpaired) electrons. The lowest BCUT2D eigenvalue weighted by Gasteiger charge is -2.00. The molecule has 1 aromatic carbocycles. The van der Waals surface area contributed by atoms with Gasteiger partial charge in [0.15, 0.2) is 0 Å². The van der Waals surface area contributed by atoms with Crippen LogP contribution in [0.3, 0.4) is 0 Å². The number of aromatic nitrogens is 1. The van der Waals surface area contributed by atoms with Crippen molar-refractivity contribution >= 4 is 10.9 Å². The fourth-order valence-corrected chi connectivity index (χ4v) is 1.90. The van der Waals surface area contributed by atoms with Gasteiger partial charge in [-0.3, -0.25) is 0 Å². The van der Waals surface area contributed by atoms with Crippen LogP contribution in [0.4, 0.5) is 0 Å². The van der Waals surface area contributed by atoms with Crippen LogP contribution in [0.5, 0.6) is 0 Å². The third-order valence-electron chi connectivity index (χ3n) is 2.76. The van der Waals surface area contributed by atoms with Crippen molar-refractivity contribution in [2.24, 2.45) is 0 Å². The smallest absolute Gasteiger partial charge is 0.0459 e. The Morgan fingerprint density at radius 3 is 2.80 bits per heavy atom. The Morgan fingerprint density at radius 1 is 1.33 bits per heavy atom. The molecule has 1 aromatic heterocycles. The van der Waals surface area contributed by atoms with Gasteiger partial charge in [0.1, 0.15) is 0 Å². The molecule has 0 atom stereocenters. The largest absolute Gasteiger partial charge is 0.358 e. The van der Waals surface area contributed by atoms with Crippen LogP contribution >= 0.6 is 0 Å². The summed E-state index contributed by atoms with van der Waals surface area (Å²) in [5, 5.41) is 4.54. The number of aromatic amines is 1. The summed E-state index contributed by atoms with van der Waals surface area (Å²) in [4.78, 5) is 3.47. The fraction of sp³-hybridized carbons (Fsp3) is 0.385. The molecule has 0 unspecified atom stereocenters. The van der Waals surface area contributed by atoms with E-state index in [4.69, 9.17) is 0 Å². The third-order valence-corrected chi connectivity index (χ3v) is 2.76. The standard InChI is InChI=1S/C13H18N2/c1-9(2)13-7-11-10(8-14-3)5-4-6-12(11)15-13/h4-7,9,14-15H,8H2,1-3H3. The van der Waals surface area contributed by atoms with Gasteiger partial charge in [0.25, 0.3) is 0 Å². The molecular weight excluding hydrogens is 184 g/mol. The van der Waals surface area contributed by atoms with Crippen LogP contribution < -0.4 is 5.32 Å². The highest BCUT2D eigenvalue weighted by Gasteiger charge is 2.06. The summed E-state index contributed by atoms with van der Waals surface area (Å²) in [7, 11) is 1.98. The van der Waals surface area contributed by atoms with Crippen LogP contribution in [0.25, 0.3) is 10.9 Å². The maximum absolute atomic E-state index is 3.47. The number of H-pyrrole nitrogens is 1. The van der Waals surface area contributed by atoms with Crippen LogP contribution in [-0.2, 0) is 6.54 Å². The van der Waals surface area contributed by atoms with Crippen molar-refractivity contribution in [3.05, 3.63) is 35.5 Å². The van der Waals surface area contributed by atoms with Gasteiger partial charge in [0.05, 0.1) is 0 Å². The number of hydrogen-bond donors (Lipinski definition) is 2. The zero-order valence-corrected chi connectivity index (χ0v) is 9.59. The summed E-state index contributed by atoms with van der Waals surface area (Å²) in [6, 6.07) is 8.69. The highest BCUT2D eigenvalue weighted by Crippen LogP contribution is 2.23. The van der Waals surface area contributed by atoms with E-state index in [1.54, 1.807) is 0 Å². The molecule has 2 aromatic rings. The first-order chi connectivity index (χ1) is 7.22. The van der Waals surface area contributed by atoms with E-state index < -0.39 is 0 Å². The molecule has 1 heterocycles. The van der Waals surface area contributed by atoms with Crippen molar-refractivity contribution < 1.29 is 0 Å². The SMILES string of the molecule is CNCc1cccc2[nH]c(C(C)C)cc12. The summed E-state index contributed by atoms with van der Waals surface area (Å²) < 4.78 is 0. The topological polar surface area (TPSA) is 27.8 Å². The number of rotatable bonds is 3. The summed E-state index contributed by atoms with van der Waals surface area (Å²) >= 11 is 0. The van der Waals surface area contributed by atoms with E-state index in [1.807, 2.05) is 7.05 Å². The van der Waals surface area contributed by atoms with E-state index in [-0.39, 0.29) is 0 Å². The molecule has 0 fully saturated rings. The first-order valence-corrected chi connectivity index (χ1v) is 5.47. The van der Waals surface area contributed by atoms with Crippen LogP contribution in [0, 0.1) is 0 Å². The Kier molecular flexibility index (Phi) is 2.78. The maximum atomic E-state index is 3.47. The van der Waals surface area contributed by atoms with Crippen molar-refractivity contribution in [2.45, 2.75) is 26.3 Å². The minimum atomic E-state index is 0.555. The average molecular weight is 202 g/mol. The second-order valence-electron chi connectivity index (χ2n) is 4.29. The minimum Gasteiger partial charge on any atom is -0.358 e. The lowest BCUT2D eigenvalue weighted by Crippen LogP contribution is -2.04. The first kappa shape index (κ1) is 10.2. The number of hydrogen-bond acceptors (Lipinski definition) is 1. The molecule has 0 saturated heterocycles. The van der Waals surface area contributed by atoms with Gasteiger partial charge >= 0.3 is 0 Å². The normalized spacial score (nSPS) is 11.5. The van der Waals surface area contributed by atoms with Crippen molar-refractivity contribution in [1.82, 2.24) is 10.3 Å². The quantitative estimate of drug-likeness (QED) is 0.786. The predicted octanol–water partition coefficient (Wildman–Crippen LogP) is 3.01. The van der Waals surface area contributed by atoms with Crippen LogP contribution in [-0.4, -0.2) is 12.0 Å². The molecule has 2 rings (SSSR count). The molecule has 15 heavy (non-hydrogen) atoms. The highest BCUT2D eigenvalue weighted by molar-refractivity contribution is 5.84. The van der Waals surface area contributed by atoms with Gasteiger partial charge in [0, 0.05) is 23.1 Å². The molecule has 0 saturated carbocycles. The van der Waals surface area contributed by atoms with Gasteiger partial charge in [-0.2, -0.15) is 0 Å². The van der Waals surface area contributed by atoms with E-state index >= 15 is 0 Å². The van der Waals surface area contributed by atoms with Crippen molar-refractivity contribution in [3.8, 4) is 0 Å². The fourth-order valence-electron chi connectivity index (χ4n) is 1.90. The average Bonchev–Trinajstić information content (AvgIpc) is 2.63. The molecule has 2 nitrogen and oxygen atoms in total. The van der Waals surface area contributed by atoms with E-state index in [1.165, 1.54) is 22.2 Å². The summed E-state index contributed by atoms with van der Waals surface area (Å²) in [5.41, 5.74) is 3.91. The first-order valence-electron chi connectivity index (χ1n) is 5.47. The third kappa shape index (κ3) is 1.90. The lowest BCUT2D eigenvalue weighted by molar-refractivity contribution is 0.823. The van der Waals surface area contributed by atoms with Crippen molar-refractivity contribution in [2.75, 3.05) is 7.05 Å². The van der Waals surface area contributed by atoms with E-state index in [0.717, 1.165) is 6.54 Å². The molecule has 0 amide bonds. The predicted molar refractivity (Wildman–Crippen MR) is 65.2 cm³/mol. The second kappa shape index (κ2) is 4.07. The Bertz CT molecular complexity index is 455. The van der Waals surface area contributed by atoms with Gasteiger partial charge in [-0.1, -0.05) is 26.0 Å². The van der Waals surface area contributed by atoms with Crippen LogP contribution in [0.1, 0.15) is 31.0 Å². The van der Waals surface area contributed by atoms with Crippen LogP contribution in [0.2, 0.25) is 0 Å². The van der Waals surface area contributed by atoms with Gasteiger partial charge in [0.2, 0.25) is 0 Å². The Labute approximate surface area is 90.7 Å². The molecule has 0 aliphatic carbocycles. The monoisotopic (exact) mass is 202 g/mol. The van der Waals surface area contributed by atoms with Gasteiger partial charge < -0.3 is 10.3 Å². The van der Waals surface area contributed by atoms with E-state index in [2.05, 4.69) is 48.4 Å². The molecule has 80 valence electrons. The molecule has 0 aliphatic rings. The van der Waals surface area contributed by atoms with Crippen LogP contribution in [0.15, 0.2) is 24.3 Å². The summed E-state index contributed by atoms with van der Waals surface area (Å²) in [6.07, 6.45) is 0. The Morgan fingerprint density at radius 2 is 2.13 bits per heavy atom. The molecule has 0 spiro atoms. The highest BCUT2D eigenvalue weighted by atomic mass is 14.8. The Balaban J connectivity index is 2.54. The van der Waals surface area contributed by atoms with Gasteiger partial charge in [-0.15, -0.1) is 0 Å². The summed E-state index contributed by atoms with van der Waals surface area (Å²) in [5.74, 6) is 0.555. The zero-order valence-electron chi connectivity index (χ0n) is 9.59. The van der Waals surface area contributed by atoms with E-state index in [9.17, 15) is 0 Å². The molecule has 0 bridgehead atoms. The lowest BCUT2D eigenvalue weighted by atomic mass is 10.1. The summed E-state index contributed by atoms with van der Waals surface area (Å²) in [6.45, 7) is 5.34. The number of benzene rings is 1. The zero-order chi connectivity index (χ0) is 10.8. The van der Waals surface area contributed by atoms with E-state index in [0.29, 0.717) is 5.92 Å². The maximum Gasteiger partial charge on any atom is 0.0459 e. The van der Waals surface area contributed by atoms with Gasteiger partial charge in [-0.05, 0) is 30.7 Å². The van der Waals surface area contributed by atoms with Crippen molar-refractivity contribution in [3.63, 3.8) is 0 Å². The molecule has 0 aliphatic heterocycles. The van der Waals surface area contributed by atoms with Crippen molar-refractivity contribution in [1.29, 1.82) is 0 Å². The Hall–Kier alpha value is -1.28. The number of fused-ring (bicyclic) bond motifs is 1. The second-order valence-corrected chi connectivity index (χ2v) is 4.29. The number of nitrogens with one attached hydrogen (secondary N) is 2. The molecular formula is C13H18N2. The minimum absolute atomic E-state index is 0.555.